The highest BCUT2D eigenvalue weighted by molar-refractivity contribution is 7.89. The van der Waals surface area contributed by atoms with Crippen molar-refractivity contribution >= 4 is 27.1 Å². The van der Waals surface area contributed by atoms with Crippen molar-refractivity contribution in [2.24, 2.45) is 0 Å². The number of piperidine rings is 1. The fraction of sp³-hybridized carbons (Fsp3) is 0.333. The molecule has 8 heteroatoms. The van der Waals surface area contributed by atoms with Crippen molar-refractivity contribution in [1.82, 2.24) is 9.29 Å². The van der Waals surface area contributed by atoms with Crippen LogP contribution in [0.15, 0.2) is 57.8 Å². The number of ether oxygens (including phenoxy) is 1. The first-order valence-corrected chi connectivity index (χ1v) is 11.0. The maximum Gasteiger partial charge on any atom is 0.338 e. The lowest BCUT2D eigenvalue weighted by Gasteiger charge is -2.32. The van der Waals surface area contributed by atoms with Gasteiger partial charge in [-0.25, -0.2) is 18.2 Å². The van der Waals surface area contributed by atoms with E-state index in [0.717, 1.165) is 19.3 Å². The van der Waals surface area contributed by atoms with E-state index in [1.807, 2.05) is 19.1 Å². The number of rotatable bonds is 5. The highest BCUT2D eigenvalue weighted by atomic mass is 32.2. The Hall–Kier alpha value is -2.71. The summed E-state index contributed by atoms with van der Waals surface area (Å²) in [6.07, 6.45) is 2.71. The van der Waals surface area contributed by atoms with E-state index in [4.69, 9.17) is 9.15 Å². The van der Waals surface area contributed by atoms with Crippen LogP contribution < -0.4 is 0 Å². The van der Waals surface area contributed by atoms with Crippen molar-refractivity contribution in [1.29, 1.82) is 0 Å². The Morgan fingerprint density at radius 3 is 2.83 bits per heavy atom. The highest BCUT2D eigenvalue weighted by Crippen LogP contribution is 2.26. The smallest absolute Gasteiger partial charge is 0.338 e. The van der Waals surface area contributed by atoms with Crippen LogP contribution in [0.5, 0.6) is 0 Å². The van der Waals surface area contributed by atoms with E-state index in [2.05, 4.69) is 4.98 Å². The molecule has 1 aromatic heterocycles. The van der Waals surface area contributed by atoms with E-state index >= 15 is 0 Å². The molecule has 2 aromatic carbocycles. The van der Waals surface area contributed by atoms with Gasteiger partial charge in [0.05, 0.1) is 10.5 Å². The lowest BCUT2D eigenvalue weighted by Crippen LogP contribution is -2.41. The highest BCUT2D eigenvalue weighted by Gasteiger charge is 2.31. The van der Waals surface area contributed by atoms with Gasteiger partial charge in [0, 0.05) is 12.6 Å². The van der Waals surface area contributed by atoms with Gasteiger partial charge in [0.1, 0.15) is 5.52 Å². The molecule has 3 aromatic rings. The molecule has 0 aliphatic carbocycles. The second-order valence-corrected chi connectivity index (χ2v) is 9.03. The minimum absolute atomic E-state index is 0.0523. The summed E-state index contributed by atoms with van der Waals surface area (Å²) < 4.78 is 38.3. The lowest BCUT2D eigenvalue weighted by molar-refractivity contribution is 0.0440. The molecule has 0 saturated carbocycles. The third-order valence-corrected chi connectivity index (χ3v) is 7.09. The first-order valence-electron chi connectivity index (χ1n) is 9.58. The number of carbonyl (C=O) groups excluding carboxylic acids is 1. The number of carbonyl (C=O) groups is 1. The predicted octanol–water partition coefficient (Wildman–Crippen LogP) is 3.75. The molecule has 0 N–H and O–H groups in total. The van der Waals surface area contributed by atoms with Gasteiger partial charge in [-0.15, -0.1) is 0 Å². The first kappa shape index (κ1) is 19.6. The SMILES string of the molecule is C[C@H]1CCCCN1S(=O)(=O)c1cccc(C(=O)OCc2nc3ccccc3o2)c1. The monoisotopic (exact) mass is 414 g/mol. The van der Waals surface area contributed by atoms with E-state index in [1.165, 1.54) is 22.5 Å². The molecular weight excluding hydrogens is 392 g/mol. The van der Waals surface area contributed by atoms with Crippen LogP contribution in [-0.2, 0) is 21.4 Å². The minimum atomic E-state index is -3.66. The average Bonchev–Trinajstić information content (AvgIpc) is 3.15. The molecule has 1 fully saturated rings. The molecule has 2 heterocycles. The van der Waals surface area contributed by atoms with Crippen LogP contribution in [0.25, 0.3) is 11.1 Å². The zero-order chi connectivity index (χ0) is 20.4. The Bertz CT molecular complexity index is 1110. The second kappa shape index (κ2) is 7.96. The van der Waals surface area contributed by atoms with Gasteiger partial charge in [-0.1, -0.05) is 24.6 Å². The molecule has 1 saturated heterocycles. The molecular formula is C21H22N2O5S. The summed E-state index contributed by atoms with van der Waals surface area (Å²) in [5, 5.41) is 0. The molecule has 7 nitrogen and oxygen atoms in total. The minimum Gasteiger partial charge on any atom is -0.452 e. The third kappa shape index (κ3) is 4.04. The molecule has 1 aliphatic heterocycles. The lowest BCUT2D eigenvalue weighted by atomic mass is 10.1. The van der Waals surface area contributed by atoms with Crippen molar-refractivity contribution in [3.05, 3.63) is 60.0 Å². The summed E-state index contributed by atoms with van der Waals surface area (Å²) >= 11 is 0. The number of hydrogen-bond donors (Lipinski definition) is 0. The Labute approximate surface area is 169 Å². The van der Waals surface area contributed by atoms with Crippen LogP contribution in [-0.4, -0.2) is 36.3 Å². The summed E-state index contributed by atoms with van der Waals surface area (Å²) in [6, 6.07) is 13.2. The number of nitrogens with zero attached hydrogens (tertiary/aromatic N) is 2. The summed E-state index contributed by atoms with van der Waals surface area (Å²) in [7, 11) is -3.66. The van der Waals surface area contributed by atoms with Crippen LogP contribution in [0.4, 0.5) is 0 Å². The van der Waals surface area contributed by atoms with Gasteiger partial charge in [-0.2, -0.15) is 4.31 Å². The van der Waals surface area contributed by atoms with Crippen LogP contribution in [0.1, 0.15) is 42.4 Å². The fourth-order valence-corrected chi connectivity index (χ4v) is 5.29. The number of benzene rings is 2. The Balaban J connectivity index is 1.49. The van der Waals surface area contributed by atoms with Crippen molar-refractivity contribution in [3.8, 4) is 0 Å². The number of sulfonamides is 1. The summed E-state index contributed by atoms with van der Waals surface area (Å²) in [6.45, 7) is 2.28. The standard InChI is InChI=1S/C21H22N2O5S/c1-15-7-4-5-12-23(15)29(25,26)17-9-6-8-16(13-17)21(24)27-14-20-22-18-10-2-3-11-19(18)28-20/h2-3,6,8-11,13,15H,4-5,7,12,14H2,1H3/t15-/m0/s1. The topological polar surface area (TPSA) is 89.7 Å². The number of esters is 1. The molecule has 4 rings (SSSR count). The van der Waals surface area contributed by atoms with E-state index < -0.39 is 16.0 Å². The molecule has 0 amide bonds. The van der Waals surface area contributed by atoms with E-state index in [0.29, 0.717) is 17.6 Å². The largest absolute Gasteiger partial charge is 0.452 e. The summed E-state index contributed by atoms with van der Waals surface area (Å²) in [5.41, 5.74) is 1.47. The van der Waals surface area contributed by atoms with E-state index in [-0.39, 0.29) is 29.0 Å². The van der Waals surface area contributed by atoms with Crippen LogP contribution in [0.2, 0.25) is 0 Å². The number of hydrogen-bond acceptors (Lipinski definition) is 6. The van der Waals surface area contributed by atoms with Gasteiger partial charge in [-0.05, 0) is 50.1 Å². The van der Waals surface area contributed by atoms with Crippen LogP contribution in [0.3, 0.4) is 0 Å². The van der Waals surface area contributed by atoms with Crippen molar-refractivity contribution in [2.75, 3.05) is 6.54 Å². The molecule has 0 radical (unpaired) electrons. The van der Waals surface area contributed by atoms with Crippen molar-refractivity contribution in [3.63, 3.8) is 0 Å². The third-order valence-electron chi connectivity index (χ3n) is 5.08. The maximum absolute atomic E-state index is 13.0. The van der Waals surface area contributed by atoms with E-state index in [9.17, 15) is 13.2 Å². The van der Waals surface area contributed by atoms with Crippen molar-refractivity contribution in [2.45, 2.75) is 43.7 Å². The molecule has 29 heavy (non-hydrogen) atoms. The average molecular weight is 414 g/mol. The van der Waals surface area contributed by atoms with Crippen molar-refractivity contribution < 1.29 is 22.4 Å². The van der Waals surface area contributed by atoms with Gasteiger partial charge in [0.25, 0.3) is 0 Å². The fourth-order valence-electron chi connectivity index (χ4n) is 3.54. The zero-order valence-electron chi connectivity index (χ0n) is 16.1. The molecule has 0 unspecified atom stereocenters. The molecule has 0 spiro atoms. The number of fused-ring (bicyclic) bond motifs is 1. The van der Waals surface area contributed by atoms with E-state index in [1.54, 1.807) is 18.2 Å². The number of oxazole rings is 1. The van der Waals surface area contributed by atoms with Gasteiger partial charge in [0.2, 0.25) is 15.9 Å². The molecule has 1 atom stereocenters. The summed E-state index contributed by atoms with van der Waals surface area (Å²) in [5.74, 6) is -0.346. The maximum atomic E-state index is 13.0. The Morgan fingerprint density at radius 2 is 2.03 bits per heavy atom. The van der Waals surface area contributed by atoms with Gasteiger partial charge in [-0.3, -0.25) is 0 Å². The molecule has 152 valence electrons. The number of aromatic nitrogens is 1. The Morgan fingerprint density at radius 1 is 1.21 bits per heavy atom. The molecule has 1 aliphatic rings. The number of para-hydroxylation sites is 2. The van der Waals surface area contributed by atoms with Gasteiger partial charge in [0.15, 0.2) is 12.2 Å². The van der Waals surface area contributed by atoms with Crippen LogP contribution in [0, 0.1) is 0 Å². The zero-order valence-corrected chi connectivity index (χ0v) is 16.9. The first-order chi connectivity index (χ1) is 13.9. The second-order valence-electron chi connectivity index (χ2n) is 7.14. The quantitative estimate of drug-likeness (QED) is 0.591. The van der Waals surface area contributed by atoms with Crippen LogP contribution >= 0.6 is 0 Å². The van der Waals surface area contributed by atoms with Gasteiger partial charge >= 0.3 is 5.97 Å². The predicted molar refractivity (Wildman–Crippen MR) is 107 cm³/mol. The van der Waals surface area contributed by atoms with Gasteiger partial charge < -0.3 is 9.15 Å². The summed E-state index contributed by atoms with van der Waals surface area (Å²) in [4.78, 5) is 16.8. The molecule has 0 bridgehead atoms. The normalized spacial score (nSPS) is 18.0. The Kier molecular flexibility index (Phi) is 5.38.